The second kappa shape index (κ2) is 5.82. The SMILES string of the molecule is CCCNCc1c(N2CC(=O)NC(=O)C2)nc2sccn12. The summed E-state index contributed by atoms with van der Waals surface area (Å²) in [5.74, 6) is 0.152. The van der Waals surface area contributed by atoms with E-state index in [9.17, 15) is 9.59 Å². The van der Waals surface area contributed by atoms with Gasteiger partial charge in [-0.15, -0.1) is 11.3 Å². The Morgan fingerprint density at radius 2 is 2.14 bits per heavy atom. The number of rotatable bonds is 5. The lowest BCUT2D eigenvalue weighted by Gasteiger charge is -2.26. The highest BCUT2D eigenvalue weighted by Gasteiger charge is 2.27. The van der Waals surface area contributed by atoms with Gasteiger partial charge in [0.05, 0.1) is 18.8 Å². The van der Waals surface area contributed by atoms with Crippen molar-refractivity contribution < 1.29 is 9.59 Å². The summed E-state index contributed by atoms with van der Waals surface area (Å²) in [5, 5.41) is 7.64. The summed E-state index contributed by atoms with van der Waals surface area (Å²) >= 11 is 1.54. The Hall–Kier alpha value is -1.93. The standard InChI is InChI=1S/C13H17N5O2S/c1-2-3-14-6-9-12(16-13-18(9)4-5-21-13)17-7-10(19)15-11(20)8-17/h4-5,14H,2-3,6-8H2,1H3,(H,15,19,20). The maximum Gasteiger partial charge on any atom is 0.246 e. The molecular weight excluding hydrogens is 290 g/mol. The van der Waals surface area contributed by atoms with Crippen molar-refractivity contribution in [1.82, 2.24) is 20.0 Å². The molecule has 0 bridgehead atoms. The van der Waals surface area contributed by atoms with Crippen molar-refractivity contribution in [1.29, 1.82) is 0 Å². The van der Waals surface area contributed by atoms with Crippen molar-refractivity contribution in [3.8, 4) is 0 Å². The van der Waals surface area contributed by atoms with Crippen LogP contribution in [-0.4, -0.2) is 40.8 Å². The highest BCUT2D eigenvalue weighted by molar-refractivity contribution is 7.15. The largest absolute Gasteiger partial charge is 0.336 e. The van der Waals surface area contributed by atoms with Crippen LogP contribution in [0.15, 0.2) is 11.6 Å². The second-order valence-electron chi connectivity index (χ2n) is 4.94. The first-order chi connectivity index (χ1) is 10.2. The number of carbonyl (C=O) groups excluding carboxylic acids is 2. The third-order valence-electron chi connectivity index (χ3n) is 3.31. The molecule has 1 aliphatic heterocycles. The number of carbonyl (C=O) groups is 2. The number of thiazole rings is 1. The molecule has 0 spiro atoms. The first kappa shape index (κ1) is 14.0. The minimum Gasteiger partial charge on any atom is -0.336 e. The Bertz CT molecular complexity index is 661. The third kappa shape index (κ3) is 2.77. The van der Waals surface area contributed by atoms with Crippen LogP contribution in [-0.2, 0) is 16.1 Å². The van der Waals surface area contributed by atoms with Gasteiger partial charge in [-0.2, -0.15) is 0 Å². The molecule has 0 unspecified atom stereocenters. The van der Waals surface area contributed by atoms with Crippen molar-refractivity contribution in [3.63, 3.8) is 0 Å². The van der Waals surface area contributed by atoms with E-state index in [2.05, 4.69) is 22.5 Å². The third-order valence-corrected chi connectivity index (χ3v) is 4.06. The van der Waals surface area contributed by atoms with E-state index in [0.717, 1.165) is 23.6 Å². The van der Waals surface area contributed by atoms with Crippen LogP contribution in [0.1, 0.15) is 19.0 Å². The number of hydrogen-bond donors (Lipinski definition) is 2. The number of nitrogens with zero attached hydrogens (tertiary/aromatic N) is 3. The first-order valence-corrected chi connectivity index (χ1v) is 7.79. The number of amides is 2. The van der Waals surface area contributed by atoms with Gasteiger partial charge in [0, 0.05) is 18.1 Å². The normalized spacial score (nSPS) is 15.8. The number of nitrogens with one attached hydrogen (secondary N) is 2. The molecule has 8 heteroatoms. The van der Waals surface area contributed by atoms with Crippen molar-refractivity contribution >= 4 is 33.9 Å². The van der Waals surface area contributed by atoms with Crippen molar-refractivity contribution in [2.45, 2.75) is 19.9 Å². The fraction of sp³-hybridized carbons (Fsp3) is 0.462. The zero-order valence-electron chi connectivity index (χ0n) is 11.8. The van der Waals surface area contributed by atoms with Gasteiger partial charge >= 0.3 is 0 Å². The lowest BCUT2D eigenvalue weighted by molar-refractivity contribution is -0.130. The van der Waals surface area contributed by atoms with Crippen molar-refractivity contribution in [2.75, 3.05) is 24.5 Å². The van der Waals surface area contributed by atoms with Crippen LogP contribution < -0.4 is 15.5 Å². The van der Waals surface area contributed by atoms with E-state index in [1.54, 1.807) is 4.90 Å². The molecule has 7 nitrogen and oxygen atoms in total. The lowest BCUT2D eigenvalue weighted by Crippen LogP contribution is -2.52. The van der Waals surface area contributed by atoms with E-state index in [1.807, 2.05) is 16.0 Å². The molecule has 0 aliphatic carbocycles. The van der Waals surface area contributed by atoms with Gasteiger partial charge in [0.1, 0.15) is 0 Å². The number of piperazine rings is 1. The second-order valence-corrected chi connectivity index (χ2v) is 5.81. The Morgan fingerprint density at radius 3 is 2.86 bits per heavy atom. The summed E-state index contributed by atoms with van der Waals surface area (Å²) < 4.78 is 2.01. The van der Waals surface area contributed by atoms with Crippen LogP contribution in [0.2, 0.25) is 0 Å². The number of hydrogen-bond acceptors (Lipinski definition) is 6. The molecular formula is C13H17N5O2S. The summed E-state index contributed by atoms with van der Waals surface area (Å²) in [4.78, 5) is 30.3. The molecule has 112 valence electrons. The molecule has 21 heavy (non-hydrogen) atoms. The van der Waals surface area contributed by atoms with E-state index in [1.165, 1.54) is 11.3 Å². The molecule has 1 aliphatic rings. The Balaban J connectivity index is 1.92. The monoisotopic (exact) mass is 307 g/mol. The Labute approximate surface area is 126 Å². The van der Waals surface area contributed by atoms with Gasteiger partial charge in [-0.25, -0.2) is 4.98 Å². The summed E-state index contributed by atoms with van der Waals surface area (Å²) in [6.07, 6.45) is 3.01. The highest BCUT2D eigenvalue weighted by atomic mass is 32.1. The van der Waals surface area contributed by atoms with Gasteiger partial charge in [0.15, 0.2) is 10.8 Å². The van der Waals surface area contributed by atoms with E-state index in [4.69, 9.17) is 0 Å². The predicted molar refractivity (Wildman–Crippen MR) is 80.4 cm³/mol. The molecule has 3 rings (SSSR count). The molecule has 2 aromatic heterocycles. The molecule has 1 saturated heterocycles. The number of fused-ring (bicyclic) bond motifs is 1. The van der Waals surface area contributed by atoms with Gasteiger partial charge in [-0.05, 0) is 13.0 Å². The minimum atomic E-state index is -0.282. The highest BCUT2D eigenvalue weighted by Crippen LogP contribution is 2.25. The lowest BCUT2D eigenvalue weighted by atomic mass is 10.3. The quantitative estimate of drug-likeness (QED) is 0.616. The smallest absolute Gasteiger partial charge is 0.246 e. The minimum absolute atomic E-state index is 0.164. The molecule has 2 aromatic rings. The zero-order chi connectivity index (χ0) is 14.8. The number of aromatic nitrogens is 2. The van der Waals surface area contributed by atoms with Gasteiger partial charge in [-0.1, -0.05) is 6.92 Å². The maximum atomic E-state index is 11.6. The van der Waals surface area contributed by atoms with Crippen LogP contribution in [0.5, 0.6) is 0 Å². The van der Waals surface area contributed by atoms with Crippen molar-refractivity contribution in [3.05, 3.63) is 17.3 Å². The van der Waals surface area contributed by atoms with E-state index in [-0.39, 0.29) is 24.9 Å². The molecule has 2 amide bonds. The topological polar surface area (TPSA) is 78.7 Å². The van der Waals surface area contributed by atoms with Gasteiger partial charge in [-0.3, -0.25) is 19.3 Å². The predicted octanol–water partition coefficient (Wildman–Crippen LogP) is 0.358. The molecule has 1 fully saturated rings. The van der Waals surface area contributed by atoms with E-state index < -0.39 is 0 Å². The van der Waals surface area contributed by atoms with E-state index >= 15 is 0 Å². The molecule has 0 radical (unpaired) electrons. The van der Waals surface area contributed by atoms with Crippen LogP contribution in [0, 0.1) is 0 Å². The van der Waals surface area contributed by atoms with Crippen LogP contribution in [0.25, 0.3) is 4.96 Å². The summed E-state index contributed by atoms with van der Waals surface area (Å²) in [5.41, 5.74) is 0.988. The molecule has 3 heterocycles. The molecule has 0 saturated carbocycles. The van der Waals surface area contributed by atoms with Gasteiger partial charge in [0.25, 0.3) is 0 Å². The van der Waals surface area contributed by atoms with Crippen molar-refractivity contribution in [2.24, 2.45) is 0 Å². The summed E-state index contributed by atoms with van der Waals surface area (Å²) in [6.45, 7) is 4.01. The molecule has 0 atom stereocenters. The summed E-state index contributed by atoms with van der Waals surface area (Å²) in [6, 6.07) is 0. The molecule has 0 aromatic carbocycles. The van der Waals surface area contributed by atoms with Crippen LogP contribution >= 0.6 is 11.3 Å². The average molecular weight is 307 g/mol. The summed E-state index contributed by atoms with van der Waals surface area (Å²) in [7, 11) is 0. The van der Waals surface area contributed by atoms with E-state index in [0.29, 0.717) is 12.4 Å². The fourth-order valence-electron chi connectivity index (χ4n) is 2.41. The maximum absolute atomic E-state index is 11.6. The Kier molecular flexibility index (Phi) is 3.89. The van der Waals surface area contributed by atoms with Crippen LogP contribution in [0.4, 0.5) is 5.82 Å². The van der Waals surface area contributed by atoms with Gasteiger partial charge < -0.3 is 10.2 Å². The number of anilines is 1. The van der Waals surface area contributed by atoms with Crippen LogP contribution in [0.3, 0.4) is 0 Å². The Morgan fingerprint density at radius 1 is 1.38 bits per heavy atom. The number of imide groups is 1. The molecule has 2 N–H and O–H groups in total. The van der Waals surface area contributed by atoms with Gasteiger partial charge in [0.2, 0.25) is 11.8 Å². The first-order valence-electron chi connectivity index (χ1n) is 6.91. The zero-order valence-corrected chi connectivity index (χ0v) is 12.6. The number of imidazole rings is 1. The average Bonchev–Trinajstić information content (AvgIpc) is 3.00. The fourth-order valence-corrected chi connectivity index (χ4v) is 3.14.